The van der Waals surface area contributed by atoms with Crippen molar-refractivity contribution < 1.29 is 9.47 Å². The van der Waals surface area contributed by atoms with Crippen LogP contribution in [0.15, 0.2) is 6.07 Å². The monoisotopic (exact) mass is 271 g/mol. The van der Waals surface area contributed by atoms with Crippen molar-refractivity contribution in [2.75, 3.05) is 37.8 Å². The Balaban J connectivity index is 2.05. The van der Waals surface area contributed by atoms with Gasteiger partial charge >= 0.3 is 6.01 Å². The first-order valence-corrected chi connectivity index (χ1v) is 6.67. The average molecular weight is 272 g/mol. The Morgan fingerprint density at radius 2 is 2.17 bits per heavy atom. The van der Waals surface area contributed by atoms with Crippen molar-refractivity contribution in [1.29, 1.82) is 0 Å². The number of morpholine rings is 1. The van der Waals surface area contributed by atoms with Gasteiger partial charge in [-0.1, -0.05) is 24.9 Å². The van der Waals surface area contributed by atoms with Gasteiger partial charge in [0.1, 0.15) is 11.0 Å². The normalized spacial score (nSPS) is 15.8. The molecule has 6 heteroatoms. The molecule has 0 saturated carbocycles. The van der Waals surface area contributed by atoms with E-state index < -0.39 is 0 Å². The van der Waals surface area contributed by atoms with Crippen LogP contribution >= 0.6 is 11.6 Å². The van der Waals surface area contributed by atoms with Crippen molar-refractivity contribution >= 4 is 17.4 Å². The second kappa shape index (κ2) is 6.75. The summed E-state index contributed by atoms with van der Waals surface area (Å²) in [4.78, 5) is 10.6. The highest BCUT2D eigenvalue weighted by Gasteiger charge is 2.14. The van der Waals surface area contributed by atoms with Crippen LogP contribution in [0.2, 0.25) is 5.15 Å². The molecule has 0 N–H and O–H groups in total. The number of hydrogen-bond acceptors (Lipinski definition) is 5. The van der Waals surface area contributed by atoms with Gasteiger partial charge in [0.2, 0.25) is 0 Å². The van der Waals surface area contributed by atoms with E-state index in [1.165, 1.54) is 0 Å². The molecule has 0 amide bonds. The first-order valence-electron chi connectivity index (χ1n) is 6.29. The zero-order chi connectivity index (χ0) is 12.8. The van der Waals surface area contributed by atoms with E-state index in [1.807, 2.05) is 0 Å². The highest BCUT2D eigenvalue weighted by Crippen LogP contribution is 2.20. The maximum Gasteiger partial charge on any atom is 0.319 e. The van der Waals surface area contributed by atoms with Crippen LogP contribution < -0.4 is 9.64 Å². The quantitative estimate of drug-likeness (QED) is 0.607. The van der Waals surface area contributed by atoms with Gasteiger partial charge in [-0.05, 0) is 6.42 Å². The zero-order valence-corrected chi connectivity index (χ0v) is 11.3. The predicted molar refractivity (Wildman–Crippen MR) is 70.5 cm³/mol. The molecule has 2 rings (SSSR count). The van der Waals surface area contributed by atoms with E-state index in [1.54, 1.807) is 6.07 Å². The lowest BCUT2D eigenvalue weighted by atomic mass is 10.4. The summed E-state index contributed by atoms with van der Waals surface area (Å²) in [6.45, 7) is 5.81. The number of ether oxygens (including phenoxy) is 2. The minimum atomic E-state index is 0.359. The molecular formula is C12H18ClN3O2. The predicted octanol–water partition coefficient (Wildman–Crippen LogP) is 2.15. The van der Waals surface area contributed by atoms with Crippen molar-refractivity contribution in [3.8, 4) is 6.01 Å². The summed E-state index contributed by atoms with van der Waals surface area (Å²) in [7, 11) is 0. The average Bonchev–Trinajstić information content (AvgIpc) is 2.39. The van der Waals surface area contributed by atoms with Crippen molar-refractivity contribution in [2.24, 2.45) is 0 Å². The lowest BCUT2D eigenvalue weighted by molar-refractivity contribution is 0.122. The van der Waals surface area contributed by atoms with Crippen LogP contribution in [-0.4, -0.2) is 42.9 Å². The van der Waals surface area contributed by atoms with Gasteiger partial charge in [-0.3, -0.25) is 0 Å². The fourth-order valence-corrected chi connectivity index (χ4v) is 1.88. The van der Waals surface area contributed by atoms with Crippen LogP contribution in [0.1, 0.15) is 19.8 Å². The number of hydrogen-bond donors (Lipinski definition) is 0. The summed E-state index contributed by atoms with van der Waals surface area (Å²) in [6, 6.07) is 2.12. The van der Waals surface area contributed by atoms with Gasteiger partial charge < -0.3 is 14.4 Å². The summed E-state index contributed by atoms with van der Waals surface area (Å²) in [5.74, 6) is 0.810. The molecule has 0 unspecified atom stereocenters. The molecule has 0 atom stereocenters. The van der Waals surface area contributed by atoms with Gasteiger partial charge in [0.05, 0.1) is 19.8 Å². The number of rotatable bonds is 5. The third kappa shape index (κ3) is 3.71. The van der Waals surface area contributed by atoms with Gasteiger partial charge in [0, 0.05) is 19.2 Å². The molecule has 1 aliphatic rings. The van der Waals surface area contributed by atoms with E-state index in [4.69, 9.17) is 21.1 Å². The zero-order valence-electron chi connectivity index (χ0n) is 10.6. The standard InChI is InChI=1S/C12H18ClN3O2/c1-2-3-6-18-12-14-10(13)9-11(15-12)16-4-7-17-8-5-16/h9H,2-8H2,1H3. The van der Waals surface area contributed by atoms with Crippen molar-refractivity contribution in [1.82, 2.24) is 9.97 Å². The van der Waals surface area contributed by atoms with Crippen molar-refractivity contribution in [2.45, 2.75) is 19.8 Å². The van der Waals surface area contributed by atoms with Crippen LogP contribution in [0.5, 0.6) is 6.01 Å². The molecule has 0 aliphatic carbocycles. The molecule has 0 bridgehead atoms. The van der Waals surface area contributed by atoms with E-state index in [0.29, 0.717) is 31.0 Å². The van der Waals surface area contributed by atoms with Crippen LogP contribution in [0.4, 0.5) is 5.82 Å². The van der Waals surface area contributed by atoms with Crippen molar-refractivity contribution in [3.05, 3.63) is 11.2 Å². The van der Waals surface area contributed by atoms with E-state index in [0.717, 1.165) is 31.7 Å². The summed E-state index contributed by atoms with van der Waals surface area (Å²) >= 11 is 5.99. The molecule has 2 heterocycles. The summed E-state index contributed by atoms with van der Waals surface area (Å²) in [5.41, 5.74) is 0. The summed E-state index contributed by atoms with van der Waals surface area (Å²) in [5, 5.41) is 0.415. The van der Waals surface area contributed by atoms with Gasteiger partial charge in [-0.2, -0.15) is 9.97 Å². The second-order valence-corrected chi connectivity index (χ2v) is 4.52. The van der Waals surface area contributed by atoms with E-state index in [9.17, 15) is 0 Å². The maximum atomic E-state index is 5.99. The van der Waals surface area contributed by atoms with Gasteiger partial charge in [-0.25, -0.2) is 0 Å². The van der Waals surface area contributed by atoms with Gasteiger partial charge in [-0.15, -0.1) is 0 Å². The molecule has 0 radical (unpaired) electrons. The first-order chi connectivity index (χ1) is 8.79. The summed E-state index contributed by atoms with van der Waals surface area (Å²) < 4.78 is 10.8. The van der Waals surface area contributed by atoms with Crippen LogP contribution in [0.3, 0.4) is 0 Å². The molecule has 5 nitrogen and oxygen atoms in total. The fourth-order valence-electron chi connectivity index (χ4n) is 1.71. The highest BCUT2D eigenvalue weighted by atomic mass is 35.5. The Bertz CT molecular complexity index is 384. The van der Waals surface area contributed by atoms with Crippen LogP contribution in [0.25, 0.3) is 0 Å². The molecule has 1 aromatic rings. The lowest BCUT2D eigenvalue weighted by Gasteiger charge is -2.27. The molecule has 0 aromatic carbocycles. The minimum Gasteiger partial charge on any atom is -0.463 e. The second-order valence-electron chi connectivity index (χ2n) is 4.13. The fraction of sp³-hybridized carbons (Fsp3) is 0.667. The molecule has 1 aliphatic heterocycles. The number of unbranched alkanes of at least 4 members (excludes halogenated alkanes) is 1. The number of aromatic nitrogens is 2. The lowest BCUT2D eigenvalue weighted by Crippen LogP contribution is -2.36. The summed E-state index contributed by atoms with van der Waals surface area (Å²) in [6.07, 6.45) is 2.07. The molecule has 1 saturated heterocycles. The number of nitrogens with zero attached hydrogens (tertiary/aromatic N) is 3. The SMILES string of the molecule is CCCCOc1nc(Cl)cc(N2CCOCC2)n1. The Hall–Kier alpha value is -1.07. The first kappa shape index (κ1) is 13.4. The number of halogens is 1. The maximum absolute atomic E-state index is 5.99. The Morgan fingerprint density at radius 3 is 2.89 bits per heavy atom. The molecule has 18 heavy (non-hydrogen) atoms. The topological polar surface area (TPSA) is 47.5 Å². The smallest absolute Gasteiger partial charge is 0.319 e. The van der Waals surface area contributed by atoms with Crippen LogP contribution in [0, 0.1) is 0 Å². The molecular weight excluding hydrogens is 254 g/mol. The molecule has 0 spiro atoms. The van der Waals surface area contributed by atoms with Crippen LogP contribution in [-0.2, 0) is 4.74 Å². The van der Waals surface area contributed by atoms with Gasteiger partial charge in [0.15, 0.2) is 0 Å². The minimum absolute atomic E-state index is 0.359. The highest BCUT2D eigenvalue weighted by molar-refractivity contribution is 6.29. The Labute approximate surface area is 112 Å². The third-order valence-electron chi connectivity index (χ3n) is 2.72. The molecule has 100 valence electrons. The van der Waals surface area contributed by atoms with E-state index in [-0.39, 0.29) is 0 Å². The molecule has 1 aromatic heterocycles. The number of anilines is 1. The van der Waals surface area contributed by atoms with E-state index in [2.05, 4.69) is 21.8 Å². The van der Waals surface area contributed by atoms with Crippen molar-refractivity contribution in [3.63, 3.8) is 0 Å². The third-order valence-corrected chi connectivity index (χ3v) is 2.92. The Kier molecular flexibility index (Phi) is 5.01. The van der Waals surface area contributed by atoms with E-state index >= 15 is 0 Å². The largest absolute Gasteiger partial charge is 0.463 e. The van der Waals surface area contributed by atoms with Gasteiger partial charge in [0.25, 0.3) is 0 Å². The Morgan fingerprint density at radius 1 is 1.39 bits per heavy atom. The molecule has 1 fully saturated rings.